The van der Waals surface area contributed by atoms with Gasteiger partial charge in [0, 0.05) is 0 Å². The first-order valence-electron chi connectivity index (χ1n) is 5.69. The van der Waals surface area contributed by atoms with E-state index in [0.29, 0.717) is 0 Å². The Bertz CT molecular complexity index is 544. The van der Waals surface area contributed by atoms with Crippen LogP contribution in [0.3, 0.4) is 0 Å². The summed E-state index contributed by atoms with van der Waals surface area (Å²) in [5, 5.41) is 64.7. The van der Waals surface area contributed by atoms with Crippen LogP contribution in [0.25, 0.3) is 0 Å². The molecule has 2 aromatic heterocycles. The van der Waals surface area contributed by atoms with Crippen molar-refractivity contribution >= 4 is 0 Å². The largest absolute Gasteiger partial charge is 3.00 e. The molecular formula is C10H16LaN5O13+2. The molecule has 0 spiro atoms. The van der Waals surface area contributed by atoms with Gasteiger partial charge in [-0.2, -0.15) is 0 Å². The number of rotatable bonds is 0. The van der Waals surface area contributed by atoms with Gasteiger partial charge in [-0.25, -0.2) is 9.97 Å². The first kappa shape index (κ1) is 40.3. The van der Waals surface area contributed by atoms with Gasteiger partial charge in [0.15, 0.2) is 24.8 Å². The van der Waals surface area contributed by atoms with Crippen LogP contribution in [-0.4, -0.2) is 15.3 Å². The Morgan fingerprint density at radius 3 is 0.759 bits per heavy atom. The molecule has 2 rings (SSSR count). The van der Waals surface area contributed by atoms with Gasteiger partial charge in [0.1, 0.15) is 0 Å². The fourth-order valence-corrected chi connectivity index (χ4v) is 0.743. The van der Waals surface area contributed by atoms with E-state index >= 15 is 0 Å². The number of aromatic amines is 2. The van der Waals surface area contributed by atoms with Gasteiger partial charge in [0.2, 0.25) is 0 Å². The molecular weight excluding hydrogens is 537 g/mol. The summed E-state index contributed by atoms with van der Waals surface area (Å²) in [6.45, 7) is 0. The van der Waals surface area contributed by atoms with Crippen molar-refractivity contribution in [2.24, 2.45) is 0 Å². The second-order valence-electron chi connectivity index (χ2n) is 3.14. The standard InChI is InChI=1S/2C5H5NO.La.3NO3.2H2O/c2*7-5-1-3-6-4-2-5;;3*2-1(3)4;;/h2*1-4H,(H,6,7);;;;;2*1H2/q;;+3;3*-1;;/p+2. The molecule has 2 heterocycles. The maximum absolute atomic E-state index is 10.2. The van der Waals surface area contributed by atoms with Crippen molar-refractivity contribution in [3.8, 4) is 11.5 Å². The Balaban J connectivity index is -0.0000000573. The number of aromatic nitrogens is 2. The van der Waals surface area contributed by atoms with Crippen LogP contribution < -0.4 is 20.2 Å². The second kappa shape index (κ2) is 29.4. The molecule has 0 bridgehead atoms. The van der Waals surface area contributed by atoms with Gasteiger partial charge in [-0.05, 0) is 24.3 Å². The van der Waals surface area contributed by atoms with Crippen molar-refractivity contribution in [1.82, 2.24) is 0 Å². The third kappa shape index (κ3) is 79.1. The van der Waals surface area contributed by atoms with E-state index in [1.807, 2.05) is 0 Å². The zero-order valence-corrected chi connectivity index (χ0v) is 17.8. The third-order valence-corrected chi connectivity index (χ3v) is 1.38. The van der Waals surface area contributed by atoms with Crippen LogP contribution in [0.2, 0.25) is 0 Å². The Hall–Kier alpha value is -3.39. The molecule has 19 heteroatoms. The van der Waals surface area contributed by atoms with E-state index in [1.54, 1.807) is 24.8 Å². The van der Waals surface area contributed by atoms with Gasteiger partial charge >= 0.3 is 35.6 Å². The zero-order valence-electron chi connectivity index (χ0n) is 14.2. The van der Waals surface area contributed by atoms with Crippen molar-refractivity contribution in [3.05, 3.63) is 95.0 Å². The molecule has 29 heavy (non-hydrogen) atoms. The predicted molar refractivity (Wildman–Crippen MR) is 85.7 cm³/mol. The quantitative estimate of drug-likeness (QED) is 0.176. The number of nitrogens with one attached hydrogen (secondary N) is 2. The first-order valence-corrected chi connectivity index (χ1v) is 5.69. The van der Waals surface area contributed by atoms with Gasteiger partial charge < -0.3 is 67.1 Å². The fraction of sp³-hybridized carbons (Fsp3) is 0. The summed E-state index contributed by atoms with van der Waals surface area (Å²) in [7, 11) is 0. The summed E-state index contributed by atoms with van der Waals surface area (Å²) in [6.07, 6.45) is 6.40. The van der Waals surface area contributed by atoms with Gasteiger partial charge in [-0.15, -0.1) is 0 Å². The molecule has 160 valence electrons. The molecule has 0 saturated carbocycles. The molecule has 0 amide bonds. The Labute approximate surface area is 188 Å². The van der Waals surface area contributed by atoms with Crippen LogP contribution in [0.1, 0.15) is 0 Å². The van der Waals surface area contributed by atoms with Gasteiger partial charge in [0.05, 0.1) is 15.3 Å². The minimum absolute atomic E-state index is 0. The molecule has 0 radical (unpaired) electrons. The smallest absolute Gasteiger partial charge is 0.872 e. The summed E-state index contributed by atoms with van der Waals surface area (Å²) < 4.78 is 0. The topological polar surface area (TPSA) is 339 Å². The molecule has 0 unspecified atom stereocenters. The molecule has 0 aliphatic heterocycles. The summed E-state index contributed by atoms with van der Waals surface area (Å²) in [6, 6.07) is 5.89. The van der Waals surface area contributed by atoms with Crippen LogP contribution in [-0.2, 0) is 11.0 Å². The summed E-state index contributed by atoms with van der Waals surface area (Å²) >= 11 is 0. The molecule has 0 aromatic carbocycles. The van der Waals surface area contributed by atoms with Crippen molar-refractivity contribution in [1.29, 1.82) is 0 Å². The van der Waals surface area contributed by atoms with E-state index in [-0.39, 0.29) is 58.1 Å². The molecule has 2 aromatic rings. The maximum Gasteiger partial charge on any atom is 3.00 e. The van der Waals surface area contributed by atoms with Crippen LogP contribution in [0.5, 0.6) is 11.5 Å². The molecule has 0 fully saturated rings. The second-order valence-corrected chi connectivity index (χ2v) is 3.14. The normalized spacial score (nSPS) is 6.62. The van der Waals surface area contributed by atoms with Crippen molar-refractivity contribution in [3.63, 3.8) is 0 Å². The number of H-pyrrole nitrogens is 2. The Morgan fingerprint density at radius 2 is 0.690 bits per heavy atom. The van der Waals surface area contributed by atoms with Crippen LogP contribution in [0.4, 0.5) is 0 Å². The molecule has 18 nitrogen and oxygen atoms in total. The third-order valence-electron chi connectivity index (χ3n) is 1.38. The number of hydrogen-bond donors (Lipinski definition) is 0. The number of nitrogens with zero attached hydrogens (tertiary/aromatic N) is 3. The predicted octanol–water partition coefficient (Wildman–Crippen LogP) is -3.41. The fourth-order valence-electron chi connectivity index (χ4n) is 0.743. The summed E-state index contributed by atoms with van der Waals surface area (Å²) in [5.41, 5.74) is 0. The number of pyridine rings is 2. The van der Waals surface area contributed by atoms with Crippen molar-refractivity contribution < 1.29 is 82.0 Å². The van der Waals surface area contributed by atoms with Gasteiger partial charge in [0.25, 0.3) is 0 Å². The van der Waals surface area contributed by atoms with Crippen molar-refractivity contribution in [2.45, 2.75) is 0 Å². The first-order chi connectivity index (χ1) is 12.0. The van der Waals surface area contributed by atoms with Gasteiger partial charge in [-0.3, -0.25) is 0 Å². The minimum atomic E-state index is -1.75. The van der Waals surface area contributed by atoms with Crippen LogP contribution >= 0.6 is 0 Å². The van der Waals surface area contributed by atoms with E-state index in [4.69, 9.17) is 46.0 Å². The Morgan fingerprint density at radius 1 is 0.552 bits per heavy atom. The zero-order chi connectivity index (χ0) is 21.0. The minimum Gasteiger partial charge on any atom is -0.872 e. The molecule has 0 atom stereocenters. The number of hydrogen-bond acceptors (Lipinski definition) is 11. The van der Waals surface area contributed by atoms with E-state index in [9.17, 15) is 10.2 Å². The Kier molecular flexibility index (Phi) is 40.9. The SMILES string of the molecule is O=[N+]([O-])[O-].O=[N+]([O-])[O-].O=[N+]([O-])[O-].[La+3].[O-]c1cc[nH+]cc1.[O-]c1cc[nH+]cc1.[OH3+].[OH3+]. The maximum atomic E-state index is 10.2. The summed E-state index contributed by atoms with van der Waals surface area (Å²) in [4.78, 5) is 30.2. The van der Waals surface area contributed by atoms with Crippen LogP contribution in [0.15, 0.2) is 49.1 Å². The molecule has 0 aliphatic rings. The molecule has 0 aliphatic carbocycles. The van der Waals surface area contributed by atoms with E-state index in [2.05, 4.69) is 9.97 Å². The van der Waals surface area contributed by atoms with Crippen molar-refractivity contribution in [2.75, 3.05) is 0 Å². The monoisotopic (exact) mass is 553 g/mol. The van der Waals surface area contributed by atoms with Crippen LogP contribution in [0, 0.1) is 81.6 Å². The average Bonchev–Trinajstić information content (AvgIpc) is 2.47. The summed E-state index contributed by atoms with van der Waals surface area (Å²) in [5.74, 6) is 0.0810. The molecule has 8 N–H and O–H groups in total. The molecule has 0 saturated heterocycles. The van der Waals surface area contributed by atoms with E-state index < -0.39 is 15.3 Å². The average molecular weight is 553 g/mol. The van der Waals surface area contributed by atoms with E-state index in [1.165, 1.54) is 24.3 Å². The van der Waals surface area contributed by atoms with E-state index in [0.717, 1.165) is 0 Å². The van der Waals surface area contributed by atoms with Gasteiger partial charge in [-0.1, -0.05) is 11.5 Å².